The van der Waals surface area contributed by atoms with Crippen LogP contribution < -0.4 is 0 Å². The molecule has 1 heterocycles. The van der Waals surface area contributed by atoms with Gasteiger partial charge in [0, 0.05) is 31.8 Å². The first-order valence-electron chi connectivity index (χ1n) is 9.29. The maximum Gasteiger partial charge on any atom is 0.410 e. The molecule has 2 rings (SSSR count). The Balaban J connectivity index is 2.01. The van der Waals surface area contributed by atoms with Gasteiger partial charge in [0.2, 0.25) is 0 Å². The molecule has 1 amide bonds. The number of hydrogen-bond acceptors (Lipinski definition) is 4. The van der Waals surface area contributed by atoms with E-state index in [4.69, 9.17) is 9.84 Å². The van der Waals surface area contributed by atoms with Crippen molar-refractivity contribution in [1.82, 2.24) is 9.80 Å². The normalized spacial score (nSPS) is 21.6. The minimum Gasteiger partial charge on any atom is -0.445 e. The molecule has 0 saturated carbocycles. The van der Waals surface area contributed by atoms with Gasteiger partial charge < -0.3 is 14.7 Å². The third kappa shape index (κ3) is 6.01. The van der Waals surface area contributed by atoms with Crippen molar-refractivity contribution < 1.29 is 14.6 Å². The van der Waals surface area contributed by atoms with Crippen LogP contribution in [0.3, 0.4) is 0 Å². The van der Waals surface area contributed by atoms with Crippen LogP contribution in [0, 0.1) is 5.92 Å². The van der Waals surface area contributed by atoms with Gasteiger partial charge in [-0.3, -0.25) is 4.90 Å². The van der Waals surface area contributed by atoms with E-state index < -0.39 is 0 Å². The number of benzene rings is 1. The van der Waals surface area contributed by atoms with Crippen molar-refractivity contribution >= 4 is 6.09 Å². The smallest absolute Gasteiger partial charge is 0.410 e. The fourth-order valence-electron chi connectivity index (χ4n) is 3.49. The fourth-order valence-corrected chi connectivity index (χ4v) is 3.49. The van der Waals surface area contributed by atoms with E-state index in [1.54, 1.807) is 0 Å². The second kappa shape index (κ2) is 9.78. The molecule has 0 aromatic heterocycles. The number of carbonyl (C=O) groups is 1. The molecule has 0 bridgehead atoms. The fraction of sp³-hybridized carbons (Fsp3) is 0.650. The highest BCUT2D eigenvalue weighted by molar-refractivity contribution is 5.68. The number of likely N-dealkylation sites (N-methyl/N-ethyl adjacent to an activating group) is 1. The van der Waals surface area contributed by atoms with E-state index in [2.05, 4.69) is 25.8 Å². The van der Waals surface area contributed by atoms with Crippen molar-refractivity contribution in [2.24, 2.45) is 5.92 Å². The van der Waals surface area contributed by atoms with Crippen molar-refractivity contribution in [3.63, 3.8) is 0 Å². The van der Waals surface area contributed by atoms with Crippen LogP contribution in [0.25, 0.3) is 0 Å². The highest BCUT2D eigenvalue weighted by Crippen LogP contribution is 2.23. The summed E-state index contributed by atoms with van der Waals surface area (Å²) in [5.74, 6) is 0.587. The average molecular weight is 348 g/mol. The largest absolute Gasteiger partial charge is 0.445 e. The SMILES string of the molecule is CC(C)C[C@@H]1CN(C(=O)OCc2ccccc2)[C@H](CCCO)CN1C. The molecular formula is C20H32N2O3. The van der Waals surface area contributed by atoms with Crippen molar-refractivity contribution in [3.8, 4) is 0 Å². The first-order chi connectivity index (χ1) is 12.0. The molecule has 1 saturated heterocycles. The number of hydrogen-bond donors (Lipinski definition) is 1. The van der Waals surface area contributed by atoms with Crippen LogP contribution in [0.1, 0.15) is 38.7 Å². The van der Waals surface area contributed by atoms with Gasteiger partial charge in [-0.25, -0.2) is 4.79 Å². The molecule has 1 aliphatic rings. The Hall–Kier alpha value is -1.59. The van der Waals surface area contributed by atoms with E-state index >= 15 is 0 Å². The maximum absolute atomic E-state index is 12.7. The predicted octanol–water partition coefficient (Wildman–Crippen LogP) is 3.13. The molecule has 0 aliphatic carbocycles. The lowest BCUT2D eigenvalue weighted by Crippen LogP contribution is -2.59. The molecule has 25 heavy (non-hydrogen) atoms. The van der Waals surface area contributed by atoms with E-state index in [0.717, 1.165) is 24.9 Å². The van der Waals surface area contributed by atoms with Crippen molar-refractivity contribution in [3.05, 3.63) is 35.9 Å². The minimum atomic E-state index is -0.242. The summed E-state index contributed by atoms with van der Waals surface area (Å²) in [6.45, 7) is 6.40. The summed E-state index contributed by atoms with van der Waals surface area (Å²) in [6, 6.07) is 10.2. The highest BCUT2D eigenvalue weighted by atomic mass is 16.6. The summed E-state index contributed by atoms with van der Waals surface area (Å²) in [6.07, 6.45) is 2.32. The molecule has 140 valence electrons. The van der Waals surface area contributed by atoms with E-state index in [9.17, 15) is 4.79 Å². The Morgan fingerprint density at radius 2 is 1.96 bits per heavy atom. The summed E-state index contributed by atoms with van der Waals surface area (Å²) in [5.41, 5.74) is 0.996. The van der Waals surface area contributed by atoms with E-state index in [0.29, 0.717) is 31.5 Å². The van der Waals surface area contributed by atoms with E-state index in [-0.39, 0.29) is 18.7 Å². The van der Waals surface area contributed by atoms with Gasteiger partial charge >= 0.3 is 6.09 Å². The van der Waals surface area contributed by atoms with Gasteiger partial charge in [0.25, 0.3) is 0 Å². The lowest BCUT2D eigenvalue weighted by atomic mass is 9.97. The van der Waals surface area contributed by atoms with Crippen molar-refractivity contribution in [2.45, 2.75) is 51.8 Å². The zero-order valence-corrected chi connectivity index (χ0v) is 15.7. The summed E-state index contributed by atoms with van der Waals surface area (Å²) in [4.78, 5) is 16.9. The molecule has 1 fully saturated rings. The molecule has 1 aromatic rings. The molecular weight excluding hydrogens is 316 g/mol. The van der Waals surface area contributed by atoms with Gasteiger partial charge in [-0.2, -0.15) is 0 Å². The number of amides is 1. The van der Waals surface area contributed by atoms with Crippen LogP contribution in [0.15, 0.2) is 30.3 Å². The Bertz CT molecular complexity index is 521. The molecule has 5 heteroatoms. The second-order valence-corrected chi connectivity index (χ2v) is 7.44. The number of piperazine rings is 1. The zero-order valence-electron chi connectivity index (χ0n) is 15.7. The van der Waals surface area contributed by atoms with Crippen LogP contribution in [0.4, 0.5) is 4.79 Å². The molecule has 5 nitrogen and oxygen atoms in total. The van der Waals surface area contributed by atoms with Crippen LogP contribution in [0.2, 0.25) is 0 Å². The third-order valence-corrected chi connectivity index (χ3v) is 4.85. The summed E-state index contributed by atoms with van der Waals surface area (Å²) < 4.78 is 5.57. The third-order valence-electron chi connectivity index (χ3n) is 4.85. The Morgan fingerprint density at radius 1 is 1.24 bits per heavy atom. The van der Waals surface area contributed by atoms with E-state index in [1.165, 1.54) is 0 Å². The first kappa shape index (κ1) is 19.7. The summed E-state index contributed by atoms with van der Waals surface area (Å²) >= 11 is 0. The molecule has 1 N–H and O–H groups in total. The lowest BCUT2D eigenvalue weighted by Gasteiger charge is -2.45. The molecule has 2 atom stereocenters. The quantitative estimate of drug-likeness (QED) is 0.822. The molecule has 1 aliphatic heterocycles. The van der Waals surface area contributed by atoms with E-state index in [1.807, 2.05) is 35.2 Å². The maximum atomic E-state index is 12.7. The highest BCUT2D eigenvalue weighted by Gasteiger charge is 2.35. The Labute approximate surface area is 151 Å². The number of carbonyl (C=O) groups excluding carboxylic acids is 1. The van der Waals surface area contributed by atoms with Gasteiger partial charge in [-0.1, -0.05) is 44.2 Å². The summed E-state index contributed by atoms with van der Waals surface area (Å²) in [5, 5.41) is 9.16. The van der Waals surface area contributed by atoms with Crippen molar-refractivity contribution in [2.75, 3.05) is 26.7 Å². The Morgan fingerprint density at radius 3 is 2.60 bits per heavy atom. The molecule has 0 spiro atoms. The topological polar surface area (TPSA) is 53.0 Å². The standard InChI is InChI=1S/C20H32N2O3/c1-16(2)12-19-14-22(18(10-7-11-23)13-21(19)3)20(24)25-15-17-8-5-4-6-9-17/h4-6,8-9,16,18-19,23H,7,10-15H2,1-3H3/t18-,19-/m1/s1. The minimum absolute atomic E-state index is 0.101. The zero-order chi connectivity index (χ0) is 18.2. The molecule has 0 unspecified atom stereocenters. The van der Waals surface area contributed by atoms with Crippen molar-refractivity contribution in [1.29, 1.82) is 0 Å². The van der Waals surface area contributed by atoms with Crippen LogP contribution in [-0.2, 0) is 11.3 Å². The number of ether oxygens (including phenoxy) is 1. The number of nitrogens with zero attached hydrogens (tertiary/aromatic N) is 2. The lowest BCUT2D eigenvalue weighted by molar-refractivity contribution is 0.0162. The van der Waals surface area contributed by atoms with Crippen LogP contribution in [0.5, 0.6) is 0 Å². The Kier molecular flexibility index (Phi) is 7.72. The van der Waals surface area contributed by atoms with Gasteiger partial charge in [0.15, 0.2) is 0 Å². The number of aliphatic hydroxyl groups excluding tert-OH is 1. The number of rotatable bonds is 7. The monoisotopic (exact) mass is 348 g/mol. The predicted molar refractivity (Wildman–Crippen MR) is 99.3 cm³/mol. The van der Waals surface area contributed by atoms with Gasteiger partial charge in [-0.05, 0) is 37.8 Å². The van der Waals surface area contributed by atoms with Crippen LogP contribution in [-0.4, -0.2) is 59.8 Å². The average Bonchev–Trinajstić information content (AvgIpc) is 2.60. The van der Waals surface area contributed by atoms with Gasteiger partial charge in [-0.15, -0.1) is 0 Å². The van der Waals surface area contributed by atoms with Gasteiger partial charge in [0.05, 0.1) is 0 Å². The van der Waals surface area contributed by atoms with Gasteiger partial charge in [0.1, 0.15) is 6.61 Å². The molecule has 1 aromatic carbocycles. The summed E-state index contributed by atoms with van der Waals surface area (Å²) in [7, 11) is 2.13. The number of aliphatic hydroxyl groups is 1. The molecule has 0 radical (unpaired) electrons. The second-order valence-electron chi connectivity index (χ2n) is 7.44. The van der Waals surface area contributed by atoms with Crippen LogP contribution >= 0.6 is 0 Å². The first-order valence-corrected chi connectivity index (χ1v) is 9.29.